The summed E-state index contributed by atoms with van der Waals surface area (Å²) in [6, 6.07) is 4.82. The first-order valence-electron chi connectivity index (χ1n) is 6.68. The number of aliphatic hydroxyl groups is 1. The Kier molecular flexibility index (Phi) is 4.52. The molecule has 1 fully saturated rings. The Balaban J connectivity index is 2.18. The summed E-state index contributed by atoms with van der Waals surface area (Å²) in [4.78, 5) is 0.146. The van der Waals surface area contributed by atoms with Crippen LogP contribution in [0.2, 0.25) is 0 Å². The normalized spacial score (nSPS) is 22.9. The molecule has 0 spiro atoms. The Morgan fingerprint density at radius 3 is 2.75 bits per heavy atom. The number of sulfonamides is 1. The SMILES string of the molecule is CNS(=O)(=O)c1ccc(NC2CCCC2CO)c(N)c1. The molecule has 0 amide bonds. The minimum atomic E-state index is -3.48. The van der Waals surface area contributed by atoms with Crippen LogP contribution in [0.25, 0.3) is 0 Å². The van der Waals surface area contributed by atoms with Crippen molar-refractivity contribution in [2.45, 2.75) is 30.2 Å². The molecule has 5 N–H and O–H groups in total. The van der Waals surface area contributed by atoms with E-state index in [9.17, 15) is 13.5 Å². The molecule has 1 aromatic carbocycles. The first-order valence-corrected chi connectivity index (χ1v) is 8.16. The summed E-state index contributed by atoms with van der Waals surface area (Å²) in [6.45, 7) is 0.157. The van der Waals surface area contributed by atoms with Crippen molar-refractivity contribution in [3.05, 3.63) is 18.2 Å². The van der Waals surface area contributed by atoms with Gasteiger partial charge in [-0.1, -0.05) is 6.42 Å². The van der Waals surface area contributed by atoms with Crippen LogP contribution in [-0.2, 0) is 10.0 Å². The highest BCUT2D eigenvalue weighted by Gasteiger charge is 2.27. The molecule has 2 atom stereocenters. The number of aliphatic hydroxyl groups excluding tert-OH is 1. The monoisotopic (exact) mass is 299 g/mol. The van der Waals surface area contributed by atoms with E-state index in [1.54, 1.807) is 6.07 Å². The van der Waals surface area contributed by atoms with Gasteiger partial charge in [-0.25, -0.2) is 13.1 Å². The Morgan fingerprint density at radius 2 is 2.15 bits per heavy atom. The predicted molar refractivity (Wildman–Crippen MR) is 78.9 cm³/mol. The lowest BCUT2D eigenvalue weighted by molar-refractivity contribution is 0.222. The Labute approximate surface area is 119 Å². The summed E-state index contributed by atoms with van der Waals surface area (Å²) in [5, 5.41) is 12.6. The fourth-order valence-corrected chi connectivity index (χ4v) is 3.37. The summed E-state index contributed by atoms with van der Waals surface area (Å²) in [5.74, 6) is 0.232. The van der Waals surface area contributed by atoms with Gasteiger partial charge in [0.25, 0.3) is 0 Å². The lowest BCUT2D eigenvalue weighted by atomic mass is 10.0. The van der Waals surface area contributed by atoms with Crippen LogP contribution in [0.5, 0.6) is 0 Å². The van der Waals surface area contributed by atoms with E-state index in [1.807, 2.05) is 0 Å². The molecule has 0 aromatic heterocycles. The predicted octanol–water partition coefficient (Wildman–Crippen LogP) is 0.750. The van der Waals surface area contributed by atoms with Gasteiger partial charge < -0.3 is 16.2 Å². The number of rotatable bonds is 5. The number of hydrogen-bond acceptors (Lipinski definition) is 5. The second-order valence-electron chi connectivity index (χ2n) is 5.08. The molecule has 112 valence electrons. The smallest absolute Gasteiger partial charge is 0.240 e. The van der Waals surface area contributed by atoms with Crippen LogP contribution in [0.4, 0.5) is 11.4 Å². The van der Waals surface area contributed by atoms with Crippen molar-refractivity contribution in [1.29, 1.82) is 0 Å². The van der Waals surface area contributed by atoms with Gasteiger partial charge in [-0.3, -0.25) is 0 Å². The highest BCUT2D eigenvalue weighted by atomic mass is 32.2. The van der Waals surface area contributed by atoms with Crippen LogP contribution in [0.1, 0.15) is 19.3 Å². The molecular formula is C13H21N3O3S. The van der Waals surface area contributed by atoms with Crippen molar-refractivity contribution in [2.24, 2.45) is 5.92 Å². The van der Waals surface area contributed by atoms with Gasteiger partial charge in [-0.2, -0.15) is 0 Å². The van der Waals surface area contributed by atoms with Gasteiger partial charge in [0.1, 0.15) is 0 Å². The Hall–Kier alpha value is -1.31. The number of nitrogens with two attached hydrogens (primary N) is 1. The van der Waals surface area contributed by atoms with Crippen molar-refractivity contribution in [3.63, 3.8) is 0 Å². The second kappa shape index (κ2) is 5.99. The molecule has 1 aliphatic rings. The summed E-state index contributed by atoms with van der Waals surface area (Å²) >= 11 is 0. The molecule has 0 heterocycles. The van der Waals surface area contributed by atoms with Crippen LogP contribution < -0.4 is 15.8 Å². The van der Waals surface area contributed by atoms with E-state index in [4.69, 9.17) is 5.73 Å². The van der Waals surface area contributed by atoms with E-state index in [0.29, 0.717) is 11.4 Å². The maximum Gasteiger partial charge on any atom is 0.240 e. The Morgan fingerprint density at radius 1 is 1.40 bits per heavy atom. The molecule has 0 radical (unpaired) electrons. The van der Waals surface area contributed by atoms with Crippen LogP contribution in [0, 0.1) is 5.92 Å². The average Bonchev–Trinajstić information content (AvgIpc) is 2.88. The fraction of sp³-hybridized carbons (Fsp3) is 0.538. The van der Waals surface area contributed by atoms with Crippen molar-refractivity contribution >= 4 is 21.4 Å². The van der Waals surface area contributed by atoms with Gasteiger partial charge in [0.2, 0.25) is 10.0 Å². The minimum Gasteiger partial charge on any atom is -0.397 e. The third-order valence-corrected chi connectivity index (χ3v) is 5.25. The average molecular weight is 299 g/mol. The molecule has 6 nitrogen and oxygen atoms in total. The number of nitrogens with one attached hydrogen (secondary N) is 2. The van der Waals surface area contributed by atoms with Crippen LogP contribution in [0.15, 0.2) is 23.1 Å². The van der Waals surface area contributed by atoms with E-state index >= 15 is 0 Å². The summed E-state index contributed by atoms with van der Waals surface area (Å²) in [7, 11) is -2.11. The van der Waals surface area contributed by atoms with Crippen LogP contribution in [0.3, 0.4) is 0 Å². The van der Waals surface area contributed by atoms with Crippen molar-refractivity contribution in [3.8, 4) is 0 Å². The second-order valence-corrected chi connectivity index (χ2v) is 6.97. The lowest BCUT2D eigenvalue weighted by Crippen LogP contribution is -2.27. The molecule has 2 unspecified atom stereocenters. The van der Waals surface area contributed by atoms with E-state index in [-0.39, 0.29) is 23.5 Å². The van der Waals surface area contributed by atoms with Crippen LogP contribution >= 0.6 is 0 Å². The third-order valence-electron chi connectivity index (χ3n) is 3.84. The maximum absolute atomic E-state index is 11.7. The highest BCUT2D eigenvalue weighted by molar-refractivity contribution is 7.89. The van der Waals surface area contributed by atoms with Gasteiger partial charge in [-0.05, 0) is 38.1 Å². The van der Waals surface area contributed by atoms with E-state index in [1.165, 1.54) is 19.2 Å². The molecule has 1 aliphatic carbocycles. The molecule has 1 saturated carbocycles. The summed E-state index contributed by atoms with van der Waals surface area (Å²) in [5.41, 5.74) is 7.03. The number of benzene rings is 1. The summed E-state index contributed by atoms with van der Waals surface area (Å²) in [6.07, 6.45) is 3.07. The zero-order valence-corrected chi connectivity index (χ0v) is 12.3. The quantitative estimate of drug-likeness (QED) is 0.601. The highest BCUT2D eigenvalue weighted by Crippen LogP contribution is 2.31. The standard InChI is InChI=1S/C13H21N3O3S/c1-15-20(18,19)10-5-6-13(11(14)7-10)16-12-4-2-3-9(12)8-17/h5-7,9,12,15-17H,2-4,8,14H2,1H3. The van der Waals surface area contributed by atoms with E-state index in [0.717, 1.165) is 19.3 Å². The summed E-state index contributed by atoms with van der Waals surface area (Å²) < 4.78 is 25.6. The fourth-order valence-electron chi connectivity index (χ4n) is 2.60. The van der Waals surface area contributed by atoms with E-state index in [2.05, 4.69) is 10.0 Å². The molecule has 2 rings (SSSR count). The van der Waals surface area contributed by atoms with Crippen molar-refractivity contribution in [1.82, 2.24) is 4.72 Å². The molecular weight excluding hydrogens is 278 g/mol. The first kappa shape index (κ1) is 15.1. The third kappa shape index (κ3) is 3.05. The number of anilines is 2. The van der Waals surface area contributed by atoms with Gasteiger partial charge in [-0.15, -0.1) is 0 Å². The van der Waals surface area contributed by atoms with Gasteiger partial charge in [0.05, 0.1) is 16.3 Å². The topological polar surface area (TPSA) is 104 Å². The van der Waals surface area contributed by atoms with Gasteiger partial charge in [0, 0.05) is 18.6 Å². The Bertz CT molecular complexity index is 574. The molecule has 0 aliphatic heterocycles. The molecule has 0 saturated heterocycles. The van der Waals surface area contributed by atoms with Crippen molar-refractivity contribution in [2.75, 3.05) is 24.7 Å². The van der Waals surface area contributed by atoms with Gasteiger partial charge >= 0.3 is 0 Å². The zero-order valence-electron chi connectivity index (χ0n) is 11.5. The van der Waals surface area contributed by atoms with E-state index < -0.39 is 10.0 Å². The number of hydrogen-bond donors (Lipinski definition) is 4. The minimum absolute atomic E-state index is 0.146. The van der Waals surface area contributed by atoms with Crippen molar-refractivity contribution < 1.29 is 13.5 Å². The lowest BCUT2D eigenvalue weighted by Gasteiger charge is -2.21. The molecule has 20 heavy (non-hydrogen) atoms. The van der Waals surface area contributed by atoms with Gasteiger partial charge in [0.15, 0.2) is 0 Å². The number of nitrogen functional groups attached to an aromatic ring is 1. The molecule has 1 aromatic rings. The largest absolute Gasteiger partial charge is 0.397 e. The first-order chi connectivity index (χ1) is 9.47. The zero-order chi connectivity index (χ0) is 14.8. The molecule has 7 heteroatoms. The molecule has 0 bridgehead atoms. The maximum atomic E-state index is 11.7. The van der Waals surface area contributed by atoms with Crippen LogP contribution in [-0.4, -0.2) is 33.2 Å².